The minimum Gasteiger partial charge on any atom is -0.480 e. The van der Waals surface area contributed by atoms with Gasteiger partial charge in [-0.2, -0.15) is 0 Å². The Bertz CT molecular complexity index is 497. The summed E-state index contributed by atoms with van der Waals surface area (Å²) in [6.07, 6.45) is 4.41. The number of methoxy groups -OCH3 is 1. The maximum atomic E-state index is 12.0. The maximum absolute atomic E-state index is 12.0. The van der Waals surface area contributed by atoms with Crippen molar-refractivity contribution in [1.82, 2.24) is 10.0 Å². The largest absolute Gasteiger partial charge is 0.480 e. The van der Waals surface area contributed by atoms with Crippen LogP contribution < -0.4 is 10.0 Å². The molecule has 1 fully saturated rings. The molecular weight excluding hydrogens is 324 g/mol. The van der Waals surface area contributed by atoms with E-state index in [1.165, 1.54) is 7.11 Å². The van der Waals surface area contributed by atoms with Gasteiger partial charge >= 0.3 is 5.97 Å². The van der Waals surface area contributed by atoms with Gasteiger partial charge in [0.15, 0.2) is 0 Å². The number of aliphatic carboxylic acids is 1. The molecule has 1 saturated carbocycles. The molecule has 0 bridgehead atoms. The first-order valence-corrected chi connectivity index (χ1v) is 9.47. The molecular formula is C14H26N2O6S. The van der Waals surface area contributed by atoms with Gasteiger partial charge in [0, 0.05) is 13.7 Å². The quantitative estimate of drug-likeness (QED) is 0.404. The molecule has 23 heavy (non-hydrogen) atoms. The molecule has 0 atom stereocenters. The summed E-state index contributed by atoms with van der Waals surface area (Å²) < 4.78 is 30.4. The van der Waals surface area contributed by atoms with Gasteiger partial charge in [-0.25, -0.2) is 17.9 Å². The van der Waals surface area contributed by atoms with Crippen molar-refractivity contribution in [3.63, 3.8) is 0 Å². The summed E-state index contributed by atoms with van der Waals surface area (Å²) in [5.41, 5.74) is -1.28. The zero-order valence-electron chi connectivity index (χ0n) is 13.5. The number of carbonyl (C=O) groups excluding carboxylic acids is 1. The average molecular weight is 350 g/mol. The third-order valence-corrected chi connectivity index (χ3v) is 5.37. The number of ether oxygens (including phenoxy) is 1. The van der Waals surface area contributed by atoms with Gasteiger partial charge in [-0.1, -0.05) is 25.7 Å². The van der Waals surface area contributed by atoms with Crippen molar-refractivity contribution in [2.24, 2.45) is 0 Å². The number of carboxylic acid groups (broad SMARTS) is 1. The third kappa shape index (κ3) is 6.84. The van der Waals surface area contributed by atoms with Gasteiger partial charge in [-0.15, -0.1) is 0 Å². The van der Waals surface area contributed by atoms with Gasteiger partial charge in [0.2, 0.25) is 15.9 Å². The van der Waals surface area contributed by atoms with Crippen molar-refractivity contribution in [2.45, 2.75) is 50.5 Å². The first-order valence-electron chi connectivity index (χ1n) is 7.82. The Labute approximate surface area is 137 Å². The van der Waals surface area contributed by atoms with E-state index in [1.54, 1.807) is 0 Å². The van der Waals surface area contributed by atoms with E-state index in [4.69, 9.17) is 4.74 Å². The number of hydrogen-bond donors (Lipinski definition) is 3. The molecule has 0 aromatic rings. The first-order chi connectivity index (χ1) is 10.8. The van der Waals surface area contributed by atoms with Crippen molar-refractivity contribution in [3.05, 3.63) is 0 Å². The highest BCUT2D eigenvalue weighted by Gasteiger charge is 2.40. The monoisotopic (exact) mass is 350 g/mol. The predicted molar refractivity (Wildman–Crippen MR) is 84.5 cm³/mol. The molecule has 0 saturated heterocycles. The fraction of sp³-hybridized carbons (Fsp3) is 0.857. The molecule has 0 aromatic carbocycles. The summed E-state index contributed by atoms with van der Waals surface area (Å²) >= 11 is 0. The van der Waals surface area contributed by atoms with Gasteiger partial charge < -0.3 is 15.2 Å². The van der Waals surface area contributed by atoms with Crippen molar-refractivity contribution >= 4 is 21.9 Å². The number of amides is 1. The van der Waals surface area contributed by atoms with E-state index >= 15 is 0 Å². The molecule has 9 heteroatoms. The summed E-state index contributed by atoms with van der Waals surface area (Å²) in [5.74, 6) is -1.82. The van der Waals surface area contributed by atoms with E-state index in [9.17, 15) is 23.1 Å². The smallest absolute Gasteiger partial charge is 0.329 e. The number of hydrogen-bond acceptors (Lipinski definition) is 5. The minimum absolute atomic E-state index is 0.141. The fourth-order valence-corrected chi connectivity index (χ4v) is 3.67. The Morgan fingerprint density at radius 2 is 1.78 bits per heavy atom. The first kappa shape index (κ1) is 19.9. The van der Waals surface area contributed by atoms with Crippen LogP contribution in [0.1, 0.15) is 44.9 Å². The molecule has 1 aliphatic rings. The fourth-order valence-electron chi connectivity index (χ4n) is 2.68. The molecule has 0 spiro atoms. The van der Waals surface area contributed by atoms with Gasteiger partial charge in [-0.3, -0.25) is 4.79 Å². The van der Waals surface area contributed by atoms with E-state index in [1.807, 2.05) is 0 Å². The van der Waals surface area contributed by atoms with Crippen LogP contribution in [0.2, 0.25) is 0 Å². The van der Waals surface area contributed by atoms with Crippen LogP contribution in [0.4, 0.5) is 0 Å². The van der Waals surface area contributed by atoms with Crippen molar-refractivity contribution < 1.29 is 27.9 Å². The molecule has 0 heterocycles. The lowest BCUT2D eigenvalue weighted by Gasteiger charge is -2.29. The second-order valence-corrected chi connectivity index (χ2v) is 7.76. The van der Waals surface area contributed by atoms with E-state index in [-0.39, 0.29) is 5.75 Å². The second-order valence-electron chi connectivity index (χ2n) is 5.84. The molecule has 1 amide bonds. The van der Waals surface area contributed by atoms with Gasteiger partial charge in [-0.05, 0) is 19.3 Å². The predicted octanol–water partition coefficient (Wildman–Crippen LogP) is 0.236. The lowest BCUT2D eigenvalue weighted by atomic mass is 9.90. The molecule has 1 aliphatic carbocycles. The van der Waals surface area contributed by atoms with E-state index in [0.717, 1.165) is 25.7 Å². The maximum Gasteiger partial charge on any atom is 0.329 e. The number of nitrogens with one attached hydrogen (secondary N) is 2. The summed E-state index contributed by atoms with van der Waals surface area (Å²) in [6, 6.07) is 0. The molecule has 0 unspecified atom stereocenters. The lowest BCUT2D eigenvalue weighted by Crippen LogP contribution is -2.56. The van der Waals surface area contributed by atoms with Gasteiger partial charge in [0.05, 0.1) is 12.3 Å². The number of sulfonamides is 1. The molecule has 3 N–H and O–H groups in total. The minimum atomic E-state index is -3.58. The Balaban J connectivity index is 2.54. The van der Waals surface area contributed by atoms with Crippen LogP contribution in [-0.2, 0) is 24.3 Å². The normalized spacial score (nSPS) is 18.1. The Morgan fingerprint density at radius 3 is 2.30 bits per heavy atom. The molecule has 0 radical (unpaired) electrons. The van der Waals surface area contributed by atoms with E-state index < -0.39 is 34.0 Å². The molecule has 0 aliphatic heterocycles. The third-order valence-electron chi connectivity index (χ3n) is 3.96. The van der Waals surface area contributed by atoms with Crippen LogP contribution in [0.3, 0.4) is 0 Å². The van der Waals surface area contributed by atoms with Gasteiger partial charge in [0.1, 0.15) is 5.54 Å². The SMILES string of the molecule is COCCCS(=O)(=O)NCC(=O)NC1(C(=O)O)CCCCCC1. The van der Waals surface area contributed by atoms with Gasteiger partial charge in [0.25, 0.3) is 0 Å². The summed E-state index contributed by atoms with van der Waals surface area (Å²) in [6.45, 7) is -0.139. The number of rotatable bonds is 9. The van der Waals surface area contributed by atoms with E-state index in [2.05, 4.69) is 10.0 Å². The van der Waals surface area contributed by atoms with Crippen LogP contribution >= 0.6 is 0 Å². The summed E-state index contributed by atoms with van der Waals surface area (Å²) in [5, 5.41) is 12.0. The Kier molecular flexibility index (Phi) is 7.93. The van der Waals surface area contributed by atoms with Crippen LogP contribution in [0.5, 0.6) is 0 Å². The highest BCUT2D eigenvalue weighted by molar-refractivity contribution is 7.89. The van der Waals surface area contributed by atoms with Crippen LogP contribution in [-0.4, -0.2) is 57.0 Å². The number of carboxylic acids is 1. The number of carbonyl (C=O) groups is 2. The lowest BCUT2D eigenvalue weighted by molar-refractivity contribution is -0.148. The van der Waals surface area contributed by atoms with Crippen molar-refractivity contribution in [2.75, 3.05) is 26.0 Å². The average Bonchev–Trinajstić information content (AvgIpc) is 2.72. The van der Waals surface area contributed by atoms with Crippen LogP contribution in [0.15, 0.2) is 0 Å². The topological polar surface area (TPSA) is 122 Å². The van der Waals surface area contributed by atoms with Crippen molar-refractivity contribution in [1.29, 1.82) is 0 Å². The molecule has 1 rings (SSSR count). The second kappa shape index (κ2) is 9.19. The standard InChI is InChI=1S/C14H26N2O6S/c1-22-9-6-10-23(20,21)15-11-12(17)16-14(13(18)19)7-4-2-3-5-8-14/h15H,2-11H2,1H3,(H,16,17)(H,18,19). The van der Waals surface area contributed by atoms with Crippen LogP contribution in [0.25, 0.3) is 0 Å². The van der Waals surface area contributed by atoms with E-state index in [0.29, 0.717) is 25.9 Å². The highest BCUT2D eigenvalue weighted by Crippen LogP contribution is 2.27. The Hall–Kier alpha value is -1.19. The molecule has 0 aromatic heterocycles. The van der Waals surface area contributed by atoms with Crippen molar-refractivity contribution in [3.8, 4) is 0 Å². The summed E-state index contributed by atoms with van der Waals surface area (Å²) in [7, 11) is -2.10. The zero-order chi connectivity index (χ0) is 17.3. The van der Waals surface area contributed by atoms with Crippen LogP contribution in [0, 0.1) is 0 Å². The Morgan fingerprint density at radius 1 is 1.17 bits per heavy atom. The summed E-state index contributed by atoms with van der Waals surface area (Å²) in [4.78, 5) is 23.6. The highest BCUT2D eigenvalue weighted by atomic mass is 32.2. The molecule has 134 valence electrons. The molecule has 8 nitrogen and oxygen atoms in total. The zero-order valence-corrected chi connectivity index (χ0v) is 14.3.